The van der Waals surface area contributed by atoms with Crippen LogP contribution in [0.5, 0.6) is 0 Å². The third kappa shape index (κ3) is 4.03. The number of hydrogen-bond donors (Lipinski definition) is 2. The van der Waals surface area contributed by atoms with Crippen molar-refractivity contribution in [1.29, 1.82) is 5.26 Å². The zero-order valence-electron chi connectivity index (χ0n) is 12.5. The molecule has 0 heterocycles. The van der Waals surface area contributed by atoms with Gasteiger partial charge in [-0.3, -0.25) is 4.79 Å². The number of amides is 1. The highest BCUT2D eigenvalue weighted by atomic mass is 32.2. The van der Waals surface area contributed by atoms with Crippen molar-refractivity contribution in [3.05, 3.63) is 54.1 Å². The van der Waals surface area contributed by atoms with Crippen molar-refractivity contribution in [2.45, 2.75) is 17.9 Å². The second-order valence-electron chi connectivity index (χ2n) is 4.74. The molecule has 0 unspecified atom stereocenters. The maximum absolute atomic E-state index is 12.3. The van der Waals surface area contributed by atoms with Gasteiger partial charge in [-0.15, -0.1) is 11.8 Å². The normalized spacial score (nSPS) is 11.3. The summed E-state index contributed by atoms with van der Waals surface area (Å²) in [6.07, 6.45) is 2.01. The van der Waals surface area contributed by atoms with E-state index in [1.807, 2.05) is 30.5 Å². The second kappa shape index (κ2) is 7.53. The van der Waals surface area contributed by atoms with E-state index in [4.69, 9.17) is 5.26 Å². The van der Waals surface area contributed by atoms with Gasteiger partial charge in [-0.1, -0.05) is 18.2 Å². The monoisotopic (exact) mass is 311 g/mol. The van der Waals surface area contributed by atoms with E-state index in [0.29, 0.717) is 11.3 Å². The minimum Gasteiger partial charge on any atom is -0.374 e. The molecule has 2 N–H and O–H groups in total. The summed E-state index contributed by atoms with van der Waals surface area (Å²) in [7, 11) is 0. The maximum atomic E-state index is 12.3. The van der Waals surface area contributed by atoms with Crippen LogP contribution in [0.25, 0.3) is 0 Å². The molecule has 0 spiro atoms. The number of para-hydroxylation sites is 1. The molecule has 1 atom stereocenters. The molecule has 0 saturated heterocycles. The van der Waals surface area contributed by atoms with Crippen molar-refractivity contribution < 1.29 is 4.79 Å². The number of carbonyl (C=O) groups is 1. The third-order valence-corrected chi connectivity index (χ3v) is 3.88. The molecular formula is C17H17N3OS. The van der Waals surface area contributed by atoms with Crippen LogP contribution in [-0.2, 0) is 4.79 Å². The molecule has 0 radical (unpaired) electrons. The molecule has 0 aliphatic rings. The van der Waals surface area contributed by atoms with Gasteiger partial charge in [0.15, 0.2) is 0 Å². The molecule has 0 saturated carbocycles. The Kier molecular flexibility index (Phi) is 5.45. The lowest BCUT2D eigenvalue weighted by molar-refractivity contribution is -0.116. The summed E-state index contributed by atoms with van der Waals surface area (Å²) >= 11 is 1.65. The van der Waals surface area contributed by atoms with Crippen molar-refractivity contribution in [3.63, 3.8) is 0 Å². The minimum absolute atomic E-state index is 0.183. The number of carbonyl (C=O) groups excluding carboxylic acids is 1. The van der Waals surface area contributed by atoms with Crippen LogP contribution in [0.1, 0.15) is 12.5 Å². The highest BCUT2D eigenvalue weighted by Crippen LogP contribution is 2.20. The van der Waals surface area contributed by atoms with Gasteiger partial charge in [0.05, 0.1) is 11.3 Å². The largest absolute Gasteiger partial charge is 0.374 e. The molecule has 2 aromatic carbocycles. The zero-order valence-corrected chi connectivity index (χ0v) is 13.3. The molecule has 2 rings (SSSR count). The molecule has 1 amide bonds. The molecule has 0 fully saturated rings. The van der Waals surface area contributed by atoms with Gasteiger partial charge in [0.2, 0.25) is 5.91 Å². The summed E-state index contributed by atoms with van der Waals surface area (Å²) in [5.41, 5.74) is 1.87. The third-order valence-electron chi connectivity index (χ3n) is 3.15. The van der Waals surface area contributed by atoms with Crippen LogP contribution in [-0.4, -0.2) is 18.2 Å². The molecule has 0 aromatic heterocycles. The average molecular weight is 311 g/mol. The van der Waals surface area contributed by atoms with Crippen molar-refractivity contribution in [1.82, 2.24) is 0 Å². The molecule has 0 bridgehead atoms. The average Bonchev–Trinajstić information content (AvgIpc) is 2.55. The Labute approximate surface area is 134 Å². The van der Waals surface area contributed by atoms with E-state index in [-0.39, 0.29) is 5.91 Å². The quantitative estimate of drug-likeness (QED) is 0.826. The number of nitrogens with one attached hydrogen (secondary N) is 2. The molecule has 22 heavy (non-hydrogen) atoms. The van der Waals surface area contributed by atoms with Crippen LogP contribution < -0.4 is 10.6 Å². The summed E-state index contributed by atoms with van der Waals surface area (Å²) in [4.78, 5) is 13.4. The molecule has 0 aliphatic carbocycles. The van der Waals surface area contributed by atoms with Crippen LogP contribution in [0, 0.1) is 11.3 Å². The highest BCUT2D eigenvalue weighted by molar-refractivity contribution is 7.98. The number of nitrogens with zero attached hydrogens (tertiary/aromatic N) is 1. The Hall–Kier alpha value is -2.45. The first-order chi connectivity index (χ1) is 10.6. The van der Waals surface area contributed by atoms with E-state index in [9.17, 15) is 4.79 Å². The van der Waals surface area contributed by atoms with Crippen LogP contribution >= 0.6 is 11.8 Å². The first-order valence-electron chi connectivity index (χ1n) is 6.84. The molecule has 0 aliphatic heterocycles. The summed E-state index contributed by atoms with van der Waals surface area (Å²) < 4.78 is 0. The minimum atomic E-state index is -0.413. The van der Waals surface area contributed by atoms with Gasteiger partial charge >= 0.3 is 0 Å². The Balaban J connectivity index is 2.04. The van der Waals surface area contributed by atoms with Gasteiger partial charge in [-0.25, -0.2) is 0 Å². The Bertz CT molecular complexity index is 709. The van der Waals surface area contributed by atoms with Crippen molar-refractivity contribution >= 4 is 29.0 Å². The van der Waals surface area contributed by atoms with E-state index >= 15 is 0 Å². The lowest BCUT2D eigenvalue weighted by atomic mass is 10.2. The zero-order chi connectivity index (χ0) is 15.9. The van der Waals surface area contributed by atoms with Crippen LogP contribution in [0.3, 0.4) is 0 Å². The Morgan fingerprint density at radius 1 is 1.23 bits per heavy atom. The van der Waals surface area contributed by atoms with Crippen LogP contribution in [0.2, 0.25) is 0 Å². The fourth-order valence-corrected chi connectivity index (χ4v) is 2.42. The van der Waals surface area contributed by atoms with E-state index < -0.39 is 6.04 Å². The van der Waals surface area contributed by atoms with Crippen LogP contribution in [0.4, 0.5) is 11.4 Å². The highest BCUT2D eigenvalue weighted by Gasteiger charge is 2.14. The predicted octanol–water partition coefficient (Wildman–Crippen LogP) is 3.72. The first-order valence-corrected chi connectivity index (χ1v) is 8.07. The van der Waals surface area contributed by atoms with Crippen LogP contribution in [0.15, 0.2) is 53.4 Å². The summed E-state index contributed by atoms with van der Waals surface area (Å²) in [5.74, 6) is -0.183. The van der Waals surface area contributed by atoms with Gasteiger partial charge < -0.3 is 10.6 Å². The number of thioether (sulfide) groups is 1. The first kappa shape index (κ1) is 15.9. The second-order valence-corrected chi connectivity index (χ2v) is 5.62. The maximum Gasteiger partial charge on any atom is 0.246 e. The number of anilines is 2. The standard InChI is InChI=1S/C17H17N3OS/c1-12(19-14-7-5-8-15(10-14)22-2)17(21)20-16-9-4-3-6-13(16)11-18/h3-10,12,19H,1-2H3,(H,20,21)/t12-/m0/s1. The van der Waals surface area contributed by atoms with E-state index in [1.54, 1.807) is 43.0 Å². The topological polar surface area (TPSA) is 64.9 Å². The molecule has 2 aromatic rings. The molecule has 112 valence electrons. The van der Waals surface area contributed by atoms with Gasteiger partial charge in [0.1, 0.15) is 12.1 Å². The smallest absolute Gasteiger partial charge is 0.246 e. The fourth-order valence-electron chi connectivity index (χ4n) is 1.96. The van der Waals surface area contributed by atoms with Gasteiger partial charge in [-0.2, -0.15) is 5.26 Å². The van der Waals surface area contributed by atoms with Gasteiger partial charge in [-0.05, 0) is 43.5 Å². The summed E-state index contributed by atoms with van der Waals surface area (Å²) in [5, 5.41) is 15.0. The Morgan fingerprint density at radius 2 is 2.00 bits per heavy atom. The van der Waals surface area contributed by atoms with Crippen molar-refractivity contribution in [3.8, 4) is 6.07 Å². The number of nitriles is 1. The van der Waals surface area contributed by atoms with Crippen molar-refractivity contribution in [2.24, 2.45) is 0 Å². The lowest BCUT2D eigenvalue weighted by Crippen LogP contribution is -2.32. The molecule has 4 nitrogen and oxygen atoms in total. The predicted molar refractivity (Wildman–Crippen MR) is 91.1 cm³/mol. The van der Waals surface area contributed by atoms with Gasteiger partial charge in [0, 0.05) is 10.6 Å². The SMILES string of the molecule is CSc1cccc(N[C@@H](C)C(=O)Nc2ccccc2C#N)c1. The van der Waals surface area contributed by atoms with E-state index in [2.05, 4.69) is 16.7 Å². The van der Waals surface area contributed by atoms with E-state index in [1.165, 1.54) is 0 Å². The Morgan fingerprint density at radius 3 is 2.73 bits per heavy atom. The number of hydrogen-bond acceptors (Lipinski definition) is 4. The summed E-state index contributed by atoms with van der Waals surface area (Å²) in [6, 6.07) is 16.5. The van der Waals surface area contributed by atoms with E-state index in [0.717, 1.165) is 10.6 Å². The number of benzene rings is 2. The molecule has 5 heteroatoms. The van der Waals surface area contributed by atoms with Gasteiger partial charge in [0.25, 0.3) is 0 Å². The lowest BCUT2D eigenvalue weighted by Gasteiger charge is -2.16. The summed E-state index contributed by atoms with van der Waals surface area (Å²) in [6.45, 7) is 1.79. The van der Waals surface area contributed by atoms with Crippen molar-refractivity contribution in [2.75, 3.05) is 16.9 Å². The number of rotatable bonds is 5. The molecular weight excluding hydrogens is 294 g/mol. The fraction of sp³-hybridized carbons (Fsp3) is 0.176.